The molecule has 0 N–H and O–H groups in total. The van der Waals surface area contributed by atoms with Crippen LogP contribution in [-0.4, -0.2) is 23.0 Å². The number of fused-ring (bicyclic) bond motifs is 4. The van der Waals surface area contributed by atoms with Gasteiger partial charge in [-0.15, -0.1) is 0 Å². The molecule has 0 atom stereocenters. The maximum atomic E-state index is 5.04. The largest absolute Gasteiger partial charge is 0.309 e. The molecule has 0 bridgehead atoms. The van der Waals surface area contributed by atoms with Crippen molar-refractivity contribution in [3.05, 3.63) is 192 Å². The Bertz CT molecular complexity index is 2780. The zero-order valence-electron chi connectivity index (χ0n) is 31.3. The van der Waals surface area contributed by atoms with Gasteiger partial charge in [-0.25, -0.2) is 15.0 Å². The van der Waals surface area contributed by atoms with Gasteiger partial charge in [0.05, 0.1) is 11.4 Å². The number of benzene rings is 7. The summed E-state index contributed by atoms with van der Waals surface area (Å²) in [6.07, 6.45) is 9.09. The Morgan fingerprint density at radius 1 is 0.357 bits per heavy atom. The average molecular weight is 735 g/mol. The Morgan fingerprint density at radius 3 is 1.59 bits per heavy atom. The normalized spacial score (nSPS) is 13.5. The quantitative estimate of drug-likeness (QED) is 0.165. The zero-order valence-corrected chi connectivity index (χ0v) is 32.3. The summed E-state index contributed by atoms with van der Waals surface area (Å²) in [6.45, 7) is 4.94. The van der Waals surface area contributed by atoms with Crippen molar-refractivity contribution in [1.82, 2.24) is 15.0 Å². The maximum Gasteiger partial charge on any atom is 0.164 e. The van der Waals surface area contributed by atoms with Crippen molar-refractivity contribution in [2.24, 2.45) is 0 Å². The first kappa shape index (κ1) is 33.6. The maximum absolute atomic E-state index is 5.04. The van der Waals surface area contributed by atoms with Crippen LogP contribution in [0.3, 0.4) is 0 Å². The molecule has 266 valence electrons. The number of nitrogens with zero attached hydrogens (tertiary/aromatic N) is 4. The lowest BCUT2D eigenvalue weighted by Crippen LogP contribution is -2.54. The first-order chi connectivity index (χ1) is 27.5. The van der Waals surface area contributed by atoms with Crippen LogP contribution in [0.5, 0.6) is 0 Å². The lowest BCUT2D eigenvalue weighted by Gasteiger charge is -2.28. The SMILES string of the molecule is C[Si]1(C)c2ccccc2C=Cc2cc(-c3ccc4c(c3)C=Cc3ccccc3N4c3cccc(-c4nc(-c5ccccc5)nc(-c5ccccc5)n4)c3)ccc21. The number of rotatable bonds is 5. The lowest BCUT2D eigenvalue weighted by molar-refractivity contribution is 1.07. The molecule has 0 unspecified atom stereocenters. The van der Waals surface area contributed by atoms with Crippen molar-refractivity contribution < 1.29 is 0 Å². The van der Waals surface area contributed by atoms with Crippen molar-refractivity contribution in [2.75, 3.05) is 4.90 Å². The van der Waals surface area contributed by atoms with E-state index in [1.54, 1.807) is 0 Å². The summed E-state index contributed by atoms with van der Waals surface area (Å²) in [5, 5.41) is 2.97. The Balaban J connectivity index is 1.07. The van der Waals surface area contributed by atoms with Gasteiger partial charge in [-0.3, -0.25) is 0 Å². The molecule has 4 nitrogen and oxygen atoms in total. The van der Waals surface area contributed by atoms with Gasteiger partial charge in [-0.2, -0.15) is 0 Å². The molecule has 0 aliphatic carbocycles. The fraction of sp³-hybridized carbons (Fsp3) is 0.0392. The van der Waals surface area contributed by atoms with Gasteiger partial charge in [0.2, 0.25) is 0 Å². The highest BCUT2D eigenvalue weighted by atomic mass is 28.3. The third-order valence-corrected chi connectivity index (χ3v) is 14.7. The minimum atomic E-state index is -1.88. The molecular formula is C51H38N4Si. The topological polar surface area (TPSA) is 41.9 Å². The fourth-order valence-corrected chi connectivity index (χ4v) is 11.3. The van der Waals surface area contributed by atoms with Crippen LogP contribution in [0.1, 0.15) is 22.3 Å². The van der Waals surface area contributed by atoms with E-state index in [1.165, 1.54) is 32.6 Å². The van der Waals surface area contributed by atoms with Crippen molar-refractivity contribution in [2.45, 2.75) is 13.1 Å². The first-order valence-corrected chi connectivity index (χ1v) is 22.1. The molecule has 2 aliphatic rings. The van der Waals surface area contributed by atoms with Crippen LogP contribution in [0.15, 0.2) is 170 Å². The summed E-state index contributed by atoms with van der Waals surface area (Å²) >= 11 is 0. The summed E-state index contributed by atoms with van der Waals surface area (Å²) in [4.78, 5) is 17.4. The molecule has 0 fully saturated rings. The van der Waals surface area contributed by atoms with E-state index in [9.17, 15) is 0 Å². The van der Waals surface area contributed by atoms with Gasteiger partial charge in [-0.05, 0) is 80.2 Å². The Kier molecular flexibility index (Phi) is 8.23. The van der Waals surface area contributed by atoms with Gasteiger partial charge < -0.3 is 4.90 Å². The highest BCUT2D eigenvalue weighted by molar-refractivity contribution is 7.01. The summed E-state index contributed by atoms with van der Waals surface area (Å²) in [6, 6.07) is 60.2. The third kappa shape index (κ3) is 5.99. The second-order valence-electron chi connectivity index (χ2n) is 14.9. The number of hydrogen-bond donors (Lipinski definition) is 0. The molecule has 7 aromatic carbocycles. The summed E-state index contributed by atoms with van der Waals surface area (Å²) < 4.78 is 0. The van der Waals surface area contributed by atoms with Gasteiger partial charge in [0.25, 0.3) is 0 Å². The van der Waals surface area contributed by atoms with Crippen LogP contribution in [-0.2, 0) is 0 Å². The molecule has 8 aromatic rings. The van der Waals surface area contributed by atoms with Gasteiger partial charge >= 0.3 is 0 Å². The van der Waals surface area contributed by atoms with Crippen LogP contribution >= 0.6 is 0 Å². The van der Waals surface area contributed by atoms with E-state index >= 15 is 0 Å². The van der Waals surface area contributed by atoms with Crippen LogP contribution in [0.4, 0.5) is 17.1 Å². The first-order valence-electron chi connectivity index (χ1n) is 19.1. The molecule has 0 amide bonds. The van der Waals surface area contributed by atoms with Gasteiger partial charge in [0.15, 0.2) is 17.5 Å². The van der Waals surface area contributed by atoms with Crippen molar-refractivity contribution in [1.29, 1.82) is 0 Å². The molecular weight excluding hydrogens is 697 g/mol. The molecule has 0 radical (unpaired) electrons. The van der Waals surface area contributed by atoms with Crippen LogP contribution < -0.4 is 15.3 Å². The highest BCUT2D eigenvalue weighted by Gasteiger charge is 2.31. The predicted octanol–water partition coefficient (Wildman–Crippen LogP) is 11.8. The molecule has 10 rings (SSSR count). The molecule has 56 heavy (non-hydrogen) atoms. The second-order valence-corrected chi connectivity index (χ2v) is 19.3. The van der Waals surface area contributed by atoms with Crippen molar-refractivity contribution >= 4 is 59.8 Å². The summed E-state index contributed by atoms with van der Waals surface area (Å²) in [5.74, 6) is 1.92. The minimum absolute atomic E-state index is 0.628. The van der Waals surface area contributed by atoms with E-state index in [-0.39, 0.29) is 0 Å². The average Bonchev–Trinajstić information content (AvgIpc) is 3.49. The monoisotopic (exact) mass is 734 g/mol. The molecule has 3 heterocycles. The smallest absolute Gasteiger partial charge is 0.164 e. The molecule has 0 saturated heterocycles. The number of hydrogen-bond acceptors (Lipinski definition) is 4. The van der Waals surface area contributed by atoms with Crippen LogP contribution in [0.2, 0.25) is 13.1 Å². The lowest BCUT2D eigenvalue weighted by atomic mass is 9.99. The Hall–Kier alpha value is -6.95. The van der Waals surface area contributed by atoms with Crippen LogP contribution in [0, 0.1) is 0 Å². The summed E-state index contributed by atoms with van der Waals surface area (Å²) in [7, 11) is -1.88. The Labute approximate surface area is 328 Å². The van der Waals surface area contributed by atoms with E-state index in [0.717, 1.165) is 44.9 Å². The minimum Gasteiger partial charge on any atom is -0.309 e. The fourth-order valence-electron chi connectivity index (χ4n) is 8.20. The van der Waals surface area contributed by atoms with E-state index in [4.69, 9.17) is 15.0 Å². The van der Waals surface area contributed by atoms with Crippen molar-refractivity contribution in [3.8, 4) is 45.3 Å². The molecule has 0 spiro atoms. The van der Waals surface area contributed by atoms with Crippen molar-refractivity contribution in [3.63, 3.8) is 0 Å². The highest BCUT2D eigenvalue weighted by Crippen LogP contribution is 2.44. The molecule has 1 aromatic heterocycles. The zero-order chi connectivity index (χ0) is 37.6. The number of anilines is 3. The predicted molar refractivity (Wildman–Crippen MR) is 237 cm³/mol. The summed E-state index contributed by atoms with van der Waals surface area (Å²) in [5.41, 5.74) is 13.4. The van der Waals surface area contributed by atoms with Gasteiger partial charge in [-0.1, -0.05) is 171 Å². The third-order valence-electron chi connectivity index (χ3n) is 11.1. The van der Waals surface area contributed by atoms with E-state index in [2.05, 4.69) is 151 Å². The second kappa shape index (κ2) is 13.7. The number of para-hydroxylation sites is 1. The molecule has 5 heteroatoms. The Morgan fingerprint density at radius 2 is 0.857 bits per heavy atom. The standard InChI is InChI=1S/C51H38N4Si/c1-56(2)47-23-12-10-15-36(47)25-27-42-33-40(29-31-48(42)56)39-28-30-46-41(32-39)26-24-35-14-9-11-22-45(35)55(46)44-21-13-20-43(34-44)51-53-49(37-16-5-3-6-17-37)52-50(54-51)38-18-7-4-8-19-38/h3-34H,1-2H3. The van der Waals surface area contributed by atoms with E-state index in [0.29, 0.717) is 17.5 Å². The number of aromatic nitrogens is 3. The van der Waals surface area contributed by atoms with Gasteiger partial charge in [0, 0.05) is 22.4 Å². The van der Waals surface area contributed by atoms with Crippen LogP contribution in [0.25, 0.3) is 69.6 Å². The van der Waals surface area contributed by atoms with Gasteiger partial charge in [0.1, 0.15) is 8.07 Å². The molecule has 0 saturated carbocycles. The van der Waals surface area contributed by atoms with E-state index < -0.39 is 8.07 Å². The molecule has 2 aliphatic heterocycles. The van der Waals surface area contributed by atoms with E-state index in [1.807, 2.05) is 60.7 Å².